The van der Waals surface area contributed by atoms with Crippen molar-refractivity contribution in [1.29, 1.82) is 0 Å². The second-order valence-electron chi connectivity index (χ2n) is 5.43. The molecule has 1 aromatic heterocycles. The summed E-state index contributed by atoms with van der Waals surface area (Å²) in [6.45, 7) is 3.10. The molecule has 1 aliphatic carbocycles. The monoisotopic (exact) mass is 270 g/mol. The van der Waals surface area contributed by atoms with Crippen molar-refractivity contribution < 1.29 is 4.42 Å². The third-order valence-corrected chi connectivity index (χ3v) is 3.73. The van der Waals surface area contributed by atoms with Crippen molar-refractivity contribution >= 4 is 5.69 Å². The van der Waals surface area contributed by atoms with Crippen LogP contribution in [0.15, 0.2) is 53.1 Å². The molecule has 1 aliphatic rings. The fourth-order valence-electron chi connectivity index (χ4n) is 2.50. The van der Waals surface area contributed by atoms with Gasteiger partial charge in [-0.05, 0) is 43.5 Å². The Morgan fingerprint density at radius 2 is 1.95 bits per heavy atom. The van der Waals surface area contributed by atoms with Crippen molar-refractivity contribution in [2.75, 3.05) is 18.4 Å². The second kappa shape index (κ2) is 6.62. The lowest BCUT2D eigenvalue weighted by Gasteiger charge is -2.20. The largest absolute Gasteiger partial charge is 0.468 e. The van der Waals surface area contributed by atoms with Gasteiger partial charge in [0.15, 0.2) is 0 Å². The van der Waals surface area contributed by atoms with E-state index < -0.39 is 0 Å². The first-order chi connectivity index (χ1) is 9.92. The molecule has 0 saturated heterocycles. The Kier molecular flexibility index (Phi) is 4.38. The molecule has 106 valence electrons. The zero-order valence-corrected chi connectivity index (χ0v) is 11.8. The number of benzene rings is 1. The molecule has 1 fully saturated rings. The fourth-order valence-corrected chi connectivity index (χ4v) is 2.50. The maximum atomic E-state index is 5.46. The average molecular weight is 270 g/mol. The van der Waals surface area contributed by atoms with Gasteiger partial charge in [0.05, 0.1) is 12.8 Å². The highest BCUT2D eigenvalue weighted by Crippen LogP contribution is 2.28. The van der Waals surface area contributed by atoms with E-state index in [1.54, 1.807) is 6.26 Å². The van der Waals surface area contributed by atoms with Crippen LogP contribution in [0.4, 0.5) is 5.69 Å². The van der Waals surface area contributed by atoms with Gasteiger partial charge in [-0.2, -0.15) is 0 Å². The Morgan fingerprint density at radius 1 is 1.10 bits per heavy atom. The molecule has 0 unspecified atom stereocenters. The summed E-state index contributed by atoms with van der Waals surface area (Å²) < 4.78 is 5.46. The van der Waals surface area contributed by atoms with Gasteiger partial charge in [0, 0.05) is 24.8 Å². The van der Waals surface area contributed by atoms with Gasteiger partial charge in [-0.25, -0.2) is 0 Å². The molecule has 3 heteroatoms. The van der Waals surface area contributed by atoms with Crippen molar-refractivity contribution in [3.8, 4) is 0 Å². The van der Waals surface area contributed by atoms with Crippen molar-refractivity contribution in [2.24, 2.45) is 0 Å². The van der Waals surface area contributed by atoms with Gasteiger partial charge in [-0.15, -0.1) is 0 Å². The number of para-hydroxylation sites is 1. The molecule has 0 spiro atoms. The van der Waals surface area contributed by atoms with Crippen LogP contribution in [0.2, 0.25) is 0 Å². The lowest BCUT2D eigenvalue weighted by molar-refractivity contribution is 0.233. The summed E-state index contributed by atoms with van der Waals surface area (Å²) in [4.78, 5) is 2.55. The van der Waals surface area contributed by atoms with Crippen LogP contribution in [-0.2, 0) is 6.54 Å². The molecule has 0 bridgehead atoms. The van der Waals surface area contributed by atoms with Crippen molar-refractivity contribution in [2.45, 2.75) is 31.8 Å². The minimum Gasteiger partial charge on any atom is -0.468 e. The van der Waals surface area contributed by atoms with E-state index in [2.05, 4.69) is 40.5 Å². The van der Waals surface area contributed by atoms with Crippen molar-refractivity contribution in [3.63, 3.8) is 0 Å². The van der Waals surface area contributed by atoms with E-state index in [9.17, 15) is 0 Å². The maximum Gasteiger partial charge on any atom is 0.117 e. The first kappa shape index (κ1) is 13.3. The quantitative estimate of drug-likeness (QED) is 0.741. The first-order valence-corrected chi connectivity index (χ1v) is 7.47. The molecule has 2 aromatic rings. The lowest BCUT2D eigenvalue weighted by Crippen LogP contribution is -2.27. The summed E-state index contributed by atoms with van der Waals surface area (Å²) in [6, 6.07) is 15.2. The summed E-state index contributed by atoms with van der Waals surface area (Å²) in [7, 11) is 0. The van der Waals surface area contributed by atoms with E-state index in [1.165, 1.54) is 18.5 Å². The van der Waals surface area contributed by atoms with Crippen molar-refractivity contribution in [3.05, 3.63) is 54.5 Å². The van der Waals surface area contributed by atoms with Gasteiger partial charge in [0.25, 0.3) is 0 Å². The van der Waals surface area contributed by atoms with Crippen LogP contribution in [0, 0.1) is 0 Å². The minimum absolute atomic E-state index is 0.775. The normalized spacial score (nSPS) is 14.7. The highest BCUT2D eigenvalue weighted by atomic mass is 16.3. The number of hydrogen-bond acceptors (Lipinski definition) is 3. The van der Waals surface area contributed by atoms with Gasteiger partial charge in [-0.3, -0.25) is 4.90 Å². The van der Waals surface area contributed by atoms with E-state index in [0.29, 0.717) is 0 Å². The summed E-state index contributed by atoms with van der Waals surface area (Å²) in [5, 5.41) is 3.47. The number of nitrogens with one attached hydrogen (secondary N) is 1. The Bertz CT molecular complexity index is 491. The van der Waals surface area contributed by atoms with E-state index in [0.717, 1.165) is 37.9 Å². The Labute approximate surface area is 120 Å². The topological polar surface area (TPSA) is 28.4 Å². The van der Waals surface area contributed by atoms with Crippen LogP contribution in [-0.4, -0.2) is 24.0 Å². The molecular formula is C17H22N2O. The summed E-state index contributed by atoms with van der Waals surface area (Å²) in [6.07, 6.45) is 5.60. The Morgan fingerprint density at radius 3 is 2.65 bits per heavy atom. The van der Waals surface area contributed by atoms with Gasteiger partial charge in [0.2, 0.25) is 0 Å². The SMILES string of the molecule is c1ccc(NCCCN(Cc2ccco2)C2CC2)cc1. The molecule has 0 amide bonds. The van der Waals surface area contributed by atoms with Crippen LogP contribution in [0.1, 0.15) is 25.0 Å². The predicted molar refractivity (Wildman–Crippen MR) is 81.7 cm³/mol. The van der Waals surface area contributed by atoms with Gasteiger partial charge in [0.1, 0.15) is 5.76 Å². The summed E-state index contributed by atoms with van der Waals surface area (Å²) >= 11 is 0. The molecule has 20 heavy (non-hydrogen) atoms. The lowest BCUT2D eigenvalue weighted by atomic mass is 10.3. The van der Waals surface area contributed by atoms with Crippen LogP contribution < -0.4 is 5.32 Å². The molecule has 1 aromatic carbocycles. The van der Waals surface area contributed by atoms with Gasteiger partial charge < -0.3 is 9.73 Å². The van der Waals surface area contributed by atoms with E-state index in [1.807, 2.05) is 12.1 Å². The molecule has 0 atom stereocenters. The second-order valence-corrected chi connectivity index (χ2v) is 5.43. The number of anilines is 1. The highest BCUT2D eigenvalue weighted by molar-refractivity contribution is 5.42. The zero-order valence-electron chi connectivity index (χ0n) is 11.8. The first-order valence-electron chi connectivity index (χ1n) is 7.47. The summed E-state index contributed by atoms with van der Waals surface area (Å²) in [5.74, 6) is 1.08. The van der Waals surface area contributed by atoms with Gasteiger partial charge >= 0.3 is 0 Å². The molecule has 0 radical (unpaired) electrons. The zero-order chi connectivity index (χ0) is 13.6. The molecule has 1 saturated carbocycles. The number of nitrogens with zero attached hydrogens (tertiary/aromatic N) is 1. The molecule has 0 aliphatic heterocycles. The number of furan rings is 1. The predicted octanol–water partition coefficient (Wildman–Crippen LogP) is 3.75. The minimum atomic E-state index is 0.775. The van der Waals surface area contributed by atoms with Crippen LogP contribution in [0.25, 0.3) is 0 Å². The van der Waals surface area contributed by atoms with Crippen LogP contribution >= 0.6 is 0 Å². The van der Waals surface area contributed by atoms with Gasteiger partial charge in [-0.1, -0.05) is 18.2 Å². The van der Waals surface area contributed by atoms with Crippen LogP contribution in [0.5, 0.6) is 0 Å². The number of rotatable bonds is 8. The average Bonchev–Trinajstić information content (AvgIpc) is 3.21. The number of hydrogen-bond donors (Lipinski definition) is 1. The molecular weight excluding hydrogens is 248 g/mol. The molecule has 1 heterocycles. The molecule has 3 rings (SSSR count). The molecule has 1 N–H and O–H groups in total. The van der Waals surface area contributed by atoms with Crippen LogP contribution in [0.3, 0.4) is 0 Å². The van der Waals surface area contributed by atoms with Crippen molar-refractivity contribution in [1.82, 2.24) is 4.90 Å². The summed E-state index contributed by atoms with van der Waals surface area (Å²) in [5.41, 5.74) is 1.21. The van der Waals surface area contributed by atoms with E-state index in [-0.39, 0.29) is 0 Å². The smallest absolute Gasteiger partial charge is 0.117 e. The third-order valence-electron chi connectivity index (χ3n) is 3.73. The fraction of sp³-hybridized carbons (Fsp3) is 0.412. The Hall–Kier alpha value is -1.74. The third kappa shape index (κ3) is 3.87. The molecule has 3 nitrogen and oxygen atoms in total. The Balaban J connectivity index is 1.41. The highest BCUT2D eigenvalue weighted by Gasteiger charge is 2.28. The van der Waals surface area contributed by atoms with E-state index in [4.69, 9.17) is 4.42 Å². The maximum absolute atomic E-state index is 5.46. The standard InChI is InChI=1S/C17H22N2O/c1-2-6-15(7-3-1)18-11-5-12-19(16-9-10-16)14-17-8-4-13-20-17/h1-4,6-8,13,16,18H,5,9-12,14H2. The van der Waals surface area contributed by atoms with E-state index >= 15 is 0 Å².